The molecule has 1 N–H and O–H groups in total. The third kappa shape index (κ3) is 5.37. The van der Waals surface area contributed by atoms with Crippen molar-refractivity contribution >= 4 is 0 Å². The van der Waals surface area contributed by atoms with E-state index >= 15 is 0 Å². The maximum Gasteiger partial charge on any atom is 0.124 e. The van der Waals surface area contributed by atoms with Crippen LogP contribution in [0.3, 0.4) is 0 Å². The lowest BCUT2D eigenvalue weighted by molar-refractivity contribution is 0.347. The number of nitrogens with one attached hydrogen (secondary N) is 1. The van der Waals surface area contributed by atoms with Gasteiger partial charge in [-0.15, -0.1) is 0 Å². The Kier molecular flexibility index (Phi) is 5.93. The lowest BCUT2D eigenvalue weighted by Gasteiger charge is -2.14. The number of benzene rings is 1. The molecule has 18 heavy (non-hydrogen) atoms. The van der Waals surface area contributed by atoms with E-state index in [4.69, 9.17) is 4.74 Å². The van der Waals surface area contributed by atoms with Gasteiger partial charge in [0.2, 0.25) is 0 Å². The summed E-state index contributed by atoms with van der Waals surface area (Å²) < 4.78 is 5.77. The van der Waals surface area contributed by atoms with Crippen molar-refractivity contribution in [2.24, 2.45) is 5.92 Å². The standard InChI is InChI=1S/C16H25NO/c1-12(2)9-17-10-15-8-14(5)6-7-16(15)18-11-13(3)4/h6-8,12,17H,3,9-11H2,1-2,4-5H3. The summed E-state index contributed by atoms with van der Waals surface area (Å²) in [5.41, 5.74) is 3.52. The maximum absolute atomic E-state index is 5.77. The average Bonchev–Trinajstić information content (AvgIpc) is 2.27. The summed E-state index contributed by atoms with van der Waals surface area (Å²) in [6.45, 7) is 14.8. The third-order valence-electron chi connectivity index (χ3n) is 2.56. The molecule has 2 heteroatoms. The van der Waals surface area contributed by atoms with Gasteiger partial charge in [0.15, 0.2) is 0 Å². The fourth-order valence-corrected chi connectivity index (χ4v) is 1.68. The van der Waals surface area contributed by atoms with Gasteiger partial charge in [0.1, 0.15) is 12.4 Å². The van der Waals surface area contributed by atoms with Gasteiger partial charge in [-0.25, -0.2) is 0 Å². The highest BCUT2D eigenvalue weighted by molar-refractivity contribution is 5.37. The molecule has 0 saturated carbocycles. The van der Waals surface area contributed by atoms with Crippen LogP contribution in [-0.4, -0.2) is 13.2 Å². The molecule has 0 aliphatic carbocycles. The van der Waals surface area contributed by atoms with E-state index in [0.29, 0.717) is 12.5 Å². The second-order valence-electron chi connectivity index (χ2n) is 5.38. The molecule has 0 aromatic heterocycles. The molecule has 0 bridgehead atoms. The summed E-state index contributed by atoms with van der Waals surface area (Å²) in [4.78, 5) is 0. The first kappa shape index (κ1) is 14.8. The molecule has 0 aliphatic heterocycles. The van der Waals surface area contributed by atoms with Crippen molar-refractivity contribution < 1.29 is 4.74 Å². The van der Waals surface area contributed by atoms with Gasteiger partial charge in [-0.1, -0.05) is 38.1 Å². The van der Waals surface area contributed by atoms with Crippen LogP contribution in [0.15, 0.2) is 30.4 Å². The number of ether oxygens (including phenoxy) is 1. The van der Waals surface area contributed by atoms with E-state index in [1.165, 1.54) is 11.1 Å². The minimum Gasteiger partial charge on any atom is -0.489 e. The SMILES string of the molecule is C=C(C)COc1ccc(C)cc1CNCC(C)C. The van der Waals surface area contributed by atoms with Gasteiger partial charge < -0.3 is 10.1 Å². The highest BCUT2D eigenvalue weighted by Gasteiger charge is 2.04. The molecule has 100 valence electrons. The zero-order valence-electron chi connectivity index (χ0n) is 12.0. The lowest BCUT2D eigenvalue weighted by atomic mass is 10.1. The Balaban J connectivity index is 2.67. The number of rotatable bonds is 7. The van der Waals surface area contributed by atoms with Crippen LogP contribution in [-0.2, 0) is 6.54 Å². The predicted octanol–water partition coefficient (Wildman–Crippen LogP) is 3.70. The summed E-state index contributed by atoms with van der Waals surface area (Å²) in [7, 11) is 0. The van der Waals surface area contributed by atoms with Crippen LogP contribution in [0.5, 0.6) is 5.75 Å². The topological polar surface area (TPSA) is 21.3 Å². The Morgan fingerprint density at radius 2 is 2.11 bits per heavy atom. The molecular formula is C16H25NO. The molecule has 2 nitrogen and oxygen atoms in total. The van der Waals surface area contributed by atoms with E-state index in [1.807, 2.05) is 13.0 Å². The predicted molar refractivity (Wildman–Crippen MR) is 78.0 cm³/mol. The van der Waals surface area contributed by atoms with Crippen LogP contribution in [0.4, 0.5) is 0 Å². The van der Waals surface area contributed by atoms with Crippen LogP contribution >= 0.6 is 0 Å². The van der Waals surface area contributed by atoms with E-state index in [9.17, 15) is 0 Å². The molecule has 0 heterocycles. The first-order valence-electron chi connectivity index (χ1n) is 6.56. The van der Waals surface area contributed by atoms with Crippen LogP contribution in [0.1, 0.15) is 31.9 Å². The number of hydrogen-bond acceptors (Lipinski definition) is 2. The minimum atomic E-state index is 0.584. The largest absolute Gasteiger partial charge is 0.489 e. The Bertz CT molecular complexity index is 396. The normalized spacial score (nSPS) is 10.7. The quantitative estimate of drug-likeness (QED) is 0.742. The monoisotopic (exact) mass is 247 g/mol. The van der Waals surface area contributed by atoms with Crippen molar-refractivity contribution in [3.63, 3.8) is 0 Å². The molecule has 0 amide bonds. The molecule has 0 radical (unpaired) electrons. The second-order valence-corrected chi connectivity index (χ2v) is 5.38. The number of hydrogen-bond donors (Lipinski definition) is 1. The lowest BCUT2D eigenvalue weighted by Crippen LogP contribution is -2.19. The summed E-state index contributed by atoms with van der Waals surface area (Å²) in [5, 5.41) is 3.45. The van der Waals surface area contributed by atoms with Crippen molar-refractivity contribution in [3.8, 4) is 5.75 Å². The van der Waals surface area contributed by atoms with Crippen LogP contribution in [0.25, 0.3) is 0 Å². The van der Waals surface area contributed by atoms with Crippen LogP contribution in [0.2, 0.25) is 0 Å². The summed E-state index contributed by atoms with van der Waals surface area (Å²) in [5.74, 6) is 1.62. The van der Waals surface area contributed by atoms with Gasteiger partial charge in [0, 0.05) is 12.1 Å². The van der Waals surface area contributed by atoms with Crippen molar-refractivity contribution in [2.75, 3.05) is 13.2 Å². The van der Waals surface area contributed by atoms with Crippen LogP contribution in [0, 0.1) is 12.8 Å². The Labute approximate surface area is 111 Å². The fourth-order valence-electron chi connectivity index (χ4n) is 1.68. The fraction of sp³-hybridized carbons (Fsp3) is 0.500. The molecule has 0 unspecified atom stereocenters. The molecule has 0 atom stereocenters. The van der Waals surface area contributed by atoms with Gasteiger partial charge in [-0.3, -0.25) is 0 Å². The molecular weight excluding hydrogens is 222 g/mol. The second kappa shape index (κ2) is 7.22. The highest BCUT2D eigenvalue weighted by atomic mass is 16.5. The molecule has 1 aromatic carbocycles. The first-order chi connectivity index (χ1) is 8.49. The summed E-state index contributed by atoms with van der Waals surface area (Å²) >= 11 is 0. The molecule has 0 spiro atoms. The van der Waals surface area contributed by atoms with Gasteiger partial charge >= 0.3 is 0 Å². The Morgan fingerprint density at radius 1 is 1.39 bits per heavy atom. The third-order valence-corrected chi connectivity index (χ3v) is 2.56. The van der Waals surface area contributed by atoms with E-state index < -0.39 is 0 Å². The van der Waals surface area contributed by atoms with Crippen molar-refractivity contribution in [1.82, 2.24) is 5.32 Å². The molecule has 0 fully saturated rings. The van der Waals surface area contributed by atoms with Gasteiger partial charge in [0.05, 0.1) is 0 Å². The first-order valence-corrected chi connectivity index (χ1v) is 6.56. The Hall–Kier alpha value is -1.28. The zero-order valence-corrected chi connectivity index (χ0v) is 12.0. The number of aryl methyl sites for hydroxylation is 1. The van der Waals surface area contributed by atoms with Gasteiger partial charge in [-0.05, 0) is 37.9 Å². The maximum atomic E-state index is 5.77. The smallest absolute Gasteiger partial charge is 0.124 e. The Morgan fingerprint density at radius 3 is 2.72 bits per heavy atom. The van der Waals surface area contributed by atoms with E-state index in [0.717, 1.165) is 24.4 Å². The molecule has 0 saturated heterocycles. The van der Waals surface area contributed by atoms with Crippen molar-refractivity contribution in [2.45, 2.75) is 34.2 Å². The highest BCUT2D eigenvalue weighted by Crippen LogP contribution is 2.20. The van der Waals surface area contributed by atoms with Crippen molar-refractivity contribution in [1.29, 1.82) is 0 Å². The van der Waals surface area contributed by atoms with E-state index in [2.05, 4.69) is 44.8 Å². The van der Waals surface area contributed by atoms with Gasteiger partial charge in [-0.2, -0.15) is 0 Å². The minimum absolute atomic E-state index is 0.584. The summed E-state index contributed by atoms with van der Waals surface area (Å²) in [6.07, 6.45) is 0. The van der Waals surface area contributed by atoms with Crippen molar-refractivity contribution in [3.05, 3.63) is 41.5 Å². The van der Waals surface area contributed by atoms with Gasteiger partial charge in [0.25, 0.3) is 0 Å². The molecule has 0 aliphatic rings. The van der Waals surface area contributed by atoms with E-state index in [-0.39, 0.29) is 0 Å². The van der Waals surface area contributed by atoms with E-state index in [1.54, 1.807) is 0 Å². The van der Waals surface area contributed by atoms with Crippen LogP contribution < -0.4 is 10.1 Å². The summed E-state index contributed by atoms with van der Waals surface area (Å²) in [6, 6.07) is 6.31. The molecule has 1 rings (SSSR count). The zero-order chi connectivity index (χ0) is 13.5. The average molecular weight is 247 g/mol. The molecule has 1 aromatic rings.